The van der Waals surface area contributed by atoms with E-state index in [0.717, 1.165) is 27.0 Å². The van der Waals surface area contributed by atoms with Crippen LogP contribution in [0.2, 0.25) is 0 Å². The first-order valence-electron chi connectivity index (χ1n) is 10.5. The van der Waals surface area contributed by atoms with E-state index < -0.39 is 5.91 Å². The van der Waals surface area contributed by atoms with Crippen molar-refractivity contribution >= 4 is 51.5 Å². The largest absolute Gasteiger partial charge is 0.370 e. The van der Waals surface area contributed by atoms with Crippen LogP contribution >= 0.6 is 11.3 Å². The second-order valence-electron chi connectivity index (χ2n) is 7.51. The smallest absolute Gasteiger partial charge is 0.266 e. The number of carbonyl (C=O) groups excluding carboxylic acids is 3. The van der Waals surface area contributed by atoms with Crippen molar-refractivity contribution in [2.45, 2.75) is 26.8 Å². The maximum Gasteiger partial charge on any atom is 0.266 e. The van der Waals surface area contributed by atoms with Crippen LogP contribution in [0.25, 0.3) is 21.3 Å². The van der Waals surface area contributed by atoms with Gasteiger partial charge in [-0.25, -0.2) is 0 Å². The van der Waals surface area contributed by atoms with E-state index in [0.29, 0.717) is 23.8 Å². The number of fused-ring (bicyclic) bond motifs is 1. The quantitative estimate of drug-likeness (QED) is 0.368. The summed E-state index contributed by atoms with van der Waals surface area (Å²) >= 11 is 1.36. The first kappa shape index (κ1) is 22.3. The van der Waals surface area contributed by atoms with Crippen LogP contribution in [-0.2, 0) is 16.1 Å². The number of aryl methyl sites for hydroxylation is 1. The third kappa shape index (κ3) is 4.65. The Morgan fingerprint density at radius 2 is 2.03 bits per heavy atom. The van der Waals surface area contributed by atoms with Crippen LogP contribution in [0.1, 0.15) is 29.9 Å². The number of H-pyrrole nitrogens is 1. The third-order valence-corrected chi connectivity index (χ3v) is 6.46. The lowest BCUT2D eigenvalue weighted by Crippen LogP contribution is -2.27. The van der Waals surface area contributed by atoms with Crippen molar-refractivity contribution in [3.8, 4) is 10.4 Å². The van der Waals surface area contributed by atoms with Gasteiger partial charge >= 0.3 is 0 Å². The molecule has 4 rings (SSSR count). The molecule has 0 unspecified atom stereocenters. The highest BCUT2D eigenvalue weighted by Gasteiger charge is 2.17. The summed E-state index contributed by atoms with van der Waals surface area (Å²) in [6.45, 7) is 4.26. The van der Waals surface area contributed by atoms with Crippen molar-refractivity contribution in [2.24, 2.45) is 5.73 Å². The van der Waals surface area contributed by atoms with Gasteiger partial charge in [-0.2, -0.15) is 5.10 Å². The second kappa shape index (κ2) is 9.29. The molecule has 3 aromatic heterocycles. The number of nitrogens with two attached hydrogens (primary N) is 1. The van der Waals surface area contributed by atoms with E-state index in [1.54, 1.807) is 23.4 Å². The Hall–Kier alpha value is -3.92. The number of aromatic nitrogens is 3. The summed E-state index contributed by atoms with van der Waals surface area (Å²) in [7, 11) is 0. The number of carbonyl (C=O) groups is 3. The van der Waals surface area contributed by atoms with Gasteiger partial charge in [0.25, 0.3) is 5.91 Å². The molecule has 0 spiro atoms. The highest BCUT2D eigenvalue weighted by molar-refractivity contribution is 7.17. The zero-order valence-corrected chi connectivity index (χ0v) is 19.1. The normalized spacial score (nSPS) is 11.0. The molecule has 0 saturated heterocycles. The summed E-state index contributed by atoms with van der Waals surface area (Å²) in [5.74, 6) is -0.200. The Morgan fingerprint density at radius 3 is 2.70 bits per heavy atom. The number of rotatable bonds is 8. The van der Waals surface area contributed by atoms with Crippen LogP contribution < -0.4 is 16.0 Å². The van der Waals surface area contributed by atoms with Crippen molar-refractivity contribution in [1.29, 1.82) is 0 Å². The Bertz CT molecular complexity index is 1320. The minimum atomic E-state index is -0.438. The molecule has 0 saturated carbocycles. The SMILES string of the molecule is CCN(C(C)=O)c1ccc2cc(NC(=O)c3ccc(-c4cn[nH]c4)s3)n(CCC(N)=O)c2c1. The van der Waals surface area contributed by atoms with E-state index >= 15 is 0 Å². The summed E-state index contributed by atoms with van der Waals surface area (Å²) in [5.41, 5.74) is 7.84. The molecular formula is C23H24N6O3S. The molecule has 0 aliphatic heterocycles. The van der Waals surface area contributed by atoms with Crippen molar-refractivity contribution in [3.05, 3.63) is 53.7 Å². The zero-order chi connectivity index (χ0) is 23.5. The van der Waals surface area contributed by atoms with Crippen LogP contribution in [0.3, 0.4) is 0 Å². The van der Waals surface area contributed by atoms with Crippen molar-refractivity contribution in [3.63, 3.8) is 0 Å². The summed E-state index contributed by atoms with van der Waals surface area (Å²) in [5, 5.41) is 10.5. The number of benzene rings is 1. The van der Waals surface area contributed by atoms with E-state index in [-0.39, 0.29) is 18.2 Å². The molecule has 0 radical (unpaired) electrons. The summed E-state index contributed by atoms with van der Waals surface area (Å²) in [6.07, 6.45) is 3.59. The van der Waals surface area contributed by atoms with Crippen molar-refractivity contribution < 1.29 is 14.4 Å². The predicted octanol–water partition coefficient (Wildman–Crippen LogP) is 3.59. The zero-order valence-electron chi connectivity index (χ0n) is 18.3. The Kier molecular flexibility index (Phi) is 6.27. The van der Waals surface area contributed by atoms with E-state index in [9.17, 15) is 14.4 Å². The van der Waals surface area contributed by atoms with Gasteiger partial charge in [-0.3, -0.25) is 19.5 Å². The molecule has 9 nitrogen and oxygen atoms in total. The molecular weight excluding hydrogens is 440 g/mol. The molecule has 0 aliphatic carbocycles. The van der Waals surface area contributed by atoms with E-state index in [2.05, 4.69) is 15.5 Å². The summed E-state index contributed by atoms with van der Waals surface area (Å²) < 4.78 is 1.85. The van der Waals surface area contributed by atoms with Gasteiger partial charge in [-0.1, -0.05) is 6.07 Å². The van der Waals surface area contributed by atoms with Crippen molar-refractivity contribution in [2.75, 3.05) is 16.8 Å². The number of amides is 3. The van der Waals surface area contributed by atoms with Crippen LogP contribution in [0.4, 0.5) is 11.5 Å². The maximum absolute atomic E-state index is 13.0. The fourth-order valence-electron chi connectivity index (χ4n) is 3.74. The second-order valence-corrected chi connectivity index (χ2v) is 8.59. The third-order valence-electron chi connectivity index (χ3n) is 5.33. The first-order valence-corrected chi connectivity index (χ1v) is 11.3. The molecule has 170 valence electrons. The number of thiophene rings is 1. The van der Waals surface area contributed by atoms with Gasteiger partial charge < -0.3 is 20.5 Å². The monoisotopic (exact) mass is 464 g/mol. The molecule has 3 heterocycles. The van der Waals surface area contributed by atoms with Gasteiger partial charge in [0.15, 0.2) is 0 Å². The lowest BCUT2D eigenvalue weighted by atomic mass is 10.2. The molecule has 1 aromatic carbocycles. The number of hydrogen-bond donors (Lipinski definition) is 3. The van der Waals surface area contributed by atoms with Gasteiger partial charge in [0.2, 0.25) is 11.8 Å². The number of primary amides is 1. The summed E-state index contributed by atoms with van der Waals surface area (Å²) in [6, 6.07) is 11.2. The number of hydrogen-bond acceptors (Lipinski definition) is 5. The van der Waals surface area contributed by atoms with Crippen molar-refractivity contribution in [1.82, 2.24) is 14.8 Å². The van der Waals surface area contributed by atoms with E-state index in [1.807, 2.05) is 41.8 Å². The van der Waals surface area contributed by atoms with Gasteiger partial charge in [0.05, 0.1) is 16.6 Å². The van der Waals surface area contributed by atoms with Crippen LogP contribution in [0.15, 0.2) is 48.8 Å². The van der Waals surface area contributed by atoms with E-state index in [1.165, 1.54) is 18.3 Å². The average molecular weight is 465 g/mol. The Morgan fingerprint density at radius 1 is 1.21 bits per heavy atom. The van der Waals surface area contributed by atoms with Gasteiger partial charge in [-0.05, 0) is 37.3 Å². The minimum absolute atomic E-state index is 0.0632. The fourth-order valence-corrected chi connectivity index (χ4v) is 4.63. The van der Waals surface area contributed by atoms with Crippen LogP contribution in [-0.4, -0.2) is 39.0 Å². The fraction of sp³-hybridized carbons (Fsp3) is 0.217. The number of aromatic amines is 1. The Balaban J connectivity index is 1.68. The predicted molar refractivity (Wildman–Crippen MR) is 129 cm³/mol. The number of anilines is 2. The summed E-state index contributed by atoms with van der Waals surface area (Å²) in [4.78, 5) is 39.6. The van der Waals surface area contributed by atoms with Gasteiger partial charge in [-0.15, -0.1) is 11.3 Å². The van der Waals surface area contributed by atoms with E-state index in [4.69, 9.17) is 5.73 Å². The Labute approximate surface area is 194 Å². The molecule has 0 bridgehead atoms. The molecule has 10 heteroatoms. The average Bonchev–Trinajstić information content (AvgIpc) is 3.52. The number of nitrogens with one attached hydrogen (secondary N) is 2. The van der Waals surface area contributed by atoms with Crippen LogP contribution in [0, 0.1) is 0 Å². The first-order chi connectivity index (χ1) is 15.9. The number of nitrogens with zero attached hydrogens (tertiary/aromatic N) is 3. The maximum atomic E-state index is 13.0. The molecule has 0 atom stereocenters. The molecule has 0 aliphatic rings. The topological polar surface area (TPSA) is 126 Å². The van der Waals surface area contributed by atoms with Gasteiger partial charge in [0.1, 0.15) is 5.82 Å². The minimum Gasteiger partial charge on any atom is -0.370 e. The molecule has 0 fully saturated rings. The molecule has 4 aromatic rings. The lowest BCUT2D eigenvalue weighted by Gasteiger charge is -2.19. The lowest BCUT2D eigenvalue weighted by molar-refractivity contribution is -0.118. The molecule has 4 N–H and O–H groups in total. The molecule has 33 heavy (non-hydrogen) atoms. The highest BCUT2D eigenvalue weighted by atomic mass is 32.1. The van der Waals surface area contributed by atoms with Gasteiger partial charge in [0, 0.05) is 54.1 Å². The standard InChI is InChI=1S/C23H24N6O3S/c1-3-28(14(2)30)17-5-4-15-10-22(29(18(15)11-17)9-8-21(24)31)27-23(32)20-7-6-19(33-20)16-12-25-26-13-16/h4-7,10-13H,3,8-9H2,1-2H3,(H2,24,31)(H,25,26)(H,27,32). The van der Waals surface area contributed by atoms with Crippen LogP contribution in [0.5, 0.6) is 0 Å². The molecule has 3 amide bonds. The highest BCUT2D eigenvalue weighted by Crippen LogP contribution is 2.31.